The van der Waals surface area contributed by atoms with Crippen LogP contribution in [-0.4, -0.2) is 18.5 Å². The van der Waals surface area contributed by atoms with E-state index in [1.807, 2.05) is 17.0 Å². The molecule has 0 unspecified atom stereocenters. The van der Waals surface area contributed by atoms with Crippen molar-refractivity contribution in [2.45, 2.75) is 31.7 Å². The van der Waals surface area contributed by atoms with E-state index in [9.17, 15) is 4.79 Å². The first kappa shape index (κ1) is 10.8. The first-order valence-electron chi connectivity index (χ1n) is 6.41. The monoisotopic (exact) mass is 230 g/mol. The lowest BCUT2D eigenvalue weighted by Gasteiger charge is -2.25. The van der Waals surface area contributed by atoms with Gasteiger partial charge in [0.25, 0.3) is 0 Å². The summed E-state index contributed by atoms with van der Waals surface area (Å²) in [6, 6.07) is 8.82. The minimum atomic E-state index is 0.313. The lowest BCUT2D eigenvalue weighted by atomic mass is 9.86. The van der Waals surface area contributed by atoms with Crippen LogP contribution in [0.1, 0.15) is 24.8 Å². The zero-order chi connectivity index (χ0) is 11.8. The van der Waals surface area contributed by atoms with Crippen LogP contribution in [0.2, 0.25) is 0 Å². The molecule has 2 heterocycles. The van der Waals surface area contributed by atoms with Crippen molar-refractivity contribution in [1.29, 1.82) is 0 Å². The van der Waals surface area contributed by atoms with E-state index in [0.717, 1.165) is 37.9 Å². The van der Waals surface area contributed by atoms with Crippen LogP contribution in [0, 0.1) is 5.92 Å². The average molecular weight is 230 g/mol. The third-order valence-electron chi connectivity index (χ3n) is 3.92. The van der Waals surface area contributed by atoms with Gasteiger partial charge in [-0.15, -0.1) is 0 Å². The molecule has 1 aliphatic carbocycles. The molecule has 1 aromatic rings. The molecule has 1 saturated carbocycles. The predicted octanol–water partition coefficient (Wildman–Crippen LogP) is 1.70. The van der Waals surface area contributed by atoms with Crippen LogP contribution in [0.4, 0.5) is 5.69 Å². The Kier molecular flexibility index (Phi) is 2.63. The predicted molar refractivity (Wildman–Crippen MR) is 67.8 cm³/mol. The summed E-state index contributed by atoms with van der Waals surface area (Å²) in [6.45, 7) is 0.720. The van der Waals surface area contributed by atoms with Crippen LogP contribution in [0.15, 0.2) is 24.3 Å². The van der Waals surface area contributed by atoms with Crippen molar-refractivity contribution in [2.75, 3.05) is 11.4 Å². The third kappa shape index (κ3) is 1.75. The SMILES string of the molecule is NCCCc1cccc(N2C(=O)C3CC2C3)c1. The Balaban J connectivity index is 1.81. The van der Waals surface area contributed by atoms with Gasteiger partial charge in [0.05, 0.1) is 0 Å². The van der Waals surface area contributed by atoms with Crippen molar-refractivity contribution in [3.8, 4) is 0 Å². The largest absolute Gasteiger partial charge is 0.330 e. The van der Waals surface area contributed by atoms with E-state index in [4.69, 9.17) is 5.73 Å². The minimum Gasteiger partial charge on any atom is -0.330 e. The zero-order valence-electron chi connectivity index (χ0n) is 9.93. The summed E-state index contributed by atoms with van der Waals surface area (Å²) in [6.07, 6.45) is 4.13. The molecule has 2 bridgehead atoms. The van der Waals surface area contributed by atoms with Crippen LogP contribution >= 0.6 is 0 Å². The van der Waals surface area contributed by atoms with Gasteiger partial charge >= 0.3 is 0 Å². The molecule has 90 valence electrons. The lowest BCUT2D eigenvalue weighted by molar-refractivity contribution is -0.119. The van der Waals surface area contributed by atoms with Crippen molar-refractivity contribution in [3.63, 3.8) is 0 Å². The van der Waals surface area contributed by atoms with Gasteiger partial charge in [0.1, 0.15) is 0 Å². The fourth-order valence-electron chi connectivity index (χ4n) is 2.88. The second-order valence-corrected chi connectivity index (χ2v) is 5.09. The standard InChI is InChI=1S/C14H18N2O/c15-6-2-4-10-3-1-5-12(7-10)16-13-8-11(9-13)14(16)17/h1,3,5,7,11,13H,2,4,6,8-9,15H2. The molecule has 3 heteroatoms. The number of hydrogen-bond donors (Lipinski definition) is 1. The molecule has 3 fully saturated rings. The summed E-state index contributed by atoms with van der Waals surface area (Å²) < 4.78 is 0. The molecule has 2 saturated heterocycles. The molecular formula is C14H18N2O. The van der Waals surface area contributed by atoms with E-state index in [2.05, 4.69) is 12.1 Å². The smallest absolute Gasteiger partial charge is 0.230 e. The fourth-order valence-corrected chi connectivity index (χ4v) is 2.88. The minimum absolute atomic E-state index is 0.313. The van der Waals surface area contributed by atoms with Gasteiger partial charge in [-0.3, -0.25) is 4.79 Å². The van der Waals surface area contributed by atoms with Crippen LogP contribution in [0.5, 0.6) is 0 Å². The molecule has 2 aliphatic heterocycles. The average Bonchev–Trinajstić information content (AvgIpc) is 2.78. The summed E-state index contributed by atoms with van der Waals surface area (Å²) in [4.78, 5) is 14.0. The third-order valence-corrected chi connectivity index (χ3v) is 3.92. The lowest BCUT2D eigenvalue weighted by Crippen LogP contribution is -2.29. The van der Waals surface area contributed by atoms with Crippen molar-refractivity contribution >= 4 is 11.6 Å². The molecule has 0 spiro atoms. The molecule has 4 rings (SSSR count). The number of hydrogen-bond acceptors (Lipinski definition) is 2. The van der Waals surface area contributed by atoms with E-state index >= 15 is 0 Å². The normalized spacial score (nSPS) is 26.2. The number of rotatable bonds is 4. The van der Waals surface area contributed by atoms with E-state index in [1.165, 1.54) is 5.56 Å². The Morgan fingerprint density at radius 3 is 2.82 bits per heavy atom. The van der Waals surface area contributed by atoms with E-state index in [-0.39, 0.29) is 0 Å². The van der Waals surface area contributed by atoms with Crippen molar-refractivity contribution in [1.82, 2.24) is 0 Å². The van der Waals surface area contributed by atoms with Crippen LogP contribution in [0.3, 0.4) is 0 Å². The second-order valence-electron chi connectivity index (χ2n) is 5.09. The summed E-state index contributed by atoms with van der Waals surface area (Å²) in [7, 11) is 0. The van der Waals surface area contributed by atoms with E-state index in [0.29, 0.717) is 17.9 Å². The Labute approximate surface area is 102 Å². The fraction of sp³-hybridized carbons (Fsp3) is 0.500. The topological polar surface area (TPSA) is 46.3 Å². The number of nitrogens with zero attached hydrogens (tertiary/aromatic N) is 1. The molecule has 0 radical (unpaired) electrons. The first-order chi connectivity index (χ1) is 8.29. The van der Waals surface area contributed by atoms with Crippen molar-refractivity contribution in [2.24, 2.45) is 11.7 Å². The Morgan fingerprint density at radius 1 is 1.35 bits per heavy atom. The summed E-state index contributed by atoms with van der Waals surface area (Å²) >= 11 is 0. The number of nitrogens with two attached hydrogens (primary N) is 1. The summed E-state index contributed by atoms with van der Waals surface area (Å²) in [5.74, 6) is 0.638. The number of benzene rings is 1. The van der Waals surface area contributed by atoms with Gasteiger partial charge < -0.3 is 10.6 Å². The number of anilines is 1. The zero-order valence-corrected chi connectivity index (χ0v) is 9.93. The molecule has 0 aromatic heterocycles. The molecule has 1 amide bonds. The maximum atomic E-state index is 12.0. The second kappa shape index (κ2) is 4.15. The maximum Gasteiger partial charge on any atom is 0.230 e. The highest BCUT2D eigenvalue weighted by molar-refractivity contribution is 6.00. The number of aryl methyl sites for hydroxylation is 1. The highest BCUT2D eigenvalue weighted by atomic mass is 16.2. The molecule has 3 aliphatic rings. The van der Waals surface area contributed by atoms with Crippen molar-refractivity contribution in [3.05, 3.63) is 29.8 Å². The van der Waals surface area contributed by atoms with Gasteiger partial charge in [-0.2, -0.15) is 0 Å². The highest BCUT2D eigenvalue weighted by Gasteiger charge is 2.50. The Morgan fingerprint density at radius 2 is 2.18 bits per heavy atom. The van der Waals surface area contributed by atoms with Gasteiger partial charge in [0.15, 0.2) is 0 Å². The molecular weight excluding hydrogens is 212 g/mol. The van der Waals surface area contributed by atoms with Gasteiger partial charge in [-0.1, -0.05) is 12.1 Å². The van der Waals surface area contributed by atoms with Gasteiger partial charge in [0.2, 0.25) is 5.91 Å². The van der Waals surface area contributed by atoms with E-state index < -0.39 is 0 Å². The quantitative estimate of drug-likeness (QED) is 0.855. The van der Waals surface area contributed by atoms with Crippen LogP contribution < -0.4 is 10.6 Å². The summed E-state index contributed by atoms with van der Waals surface area (Å²) in [5, 5.41) is 0. The number of carbonyl (C=O) groups is 1. The highest BCUT2D eigenvalue weighted by Crippen LogP contribution is 2.44. The van der Waals surface area contributed by atoms with Crippen LogP contribution in [-0.2, 0) is 11.2 Å². The number of fused-ring (bicyclic) bond motifs is 1. The molecule has 2 N–H and O–H groups in total. The molecule has 17 heavy (non-hydrogen) atoms. The first-order valence-corrected chi connectivity index (χ1v) is 6.41. The van der Waals surface area contributed by atoms with E-state index in [1.54, 1.807) is 0 Å². The molecule has 0 atom stereocenters. The van der Waals surface area contributed by atoms with Crippen molar-refractivity contribution < 1.29 is 4.79 Å². The van der Waals surface area contributed by atoms with Gasteiger partial charge in [-0.05, 0) is 49.9 Å². The molecule has 1 aromatic carbocycles. The van der Waals surface area contributed by atoms with Crippen LogP contribution in [0.25, 0.3) is 0 Å². The Bertz CT molecular complexity index is 438. The molecule has 3 nitrogen and oxygen atoms in total. The number of carbonyl (C=O) groups excluding carboxylic acids is 1. The Hall–Kier alpha value is -1.35. The van der Waals surface area contributed by atoms with Gasteiger partial charge in [-0.25, -0.2) is 0 Å². The summed E-state index contributed by atoms with van der Waals surface area (Å²) in [5.41, 5.74) is 7.88. The maximum absolute atomic E-state index is 12.0. The van der Waals surface area contributed by atoms with Gasteiger partial charge in [0, 0.05) is 17.6 Å². The number of amides is 1.